The number of nitrogens with one attached hydrogen (secondary N) is 1. The van der Waals surface area contributed by atoms with Crippen LogP contribution in [0.15, 0.2) is 47.5 Å². The molecule has 0 radical (unpaired) electrons. The van der Waals surface area contributed by atoms with Gasteiger partial charge in [0.25, 0.3) is 0 Å². The van der Waals surface area contributed by atoms with Crippen molar-refractivity contribution in [2.45, 2.75) is 13.3 Å². The number of Topliss-reactive ketones (excluding diaryl/α,β-unsaturated/α-hetero) is 1. The highest BCUT2D eigenvalue weighted by Crippen LogP contribution is 2.16. The lowest BCUT2D eigenvalue weighted by Crippen LogP contribution is -2.06. The minimum Gasteiger partial charge on any atom is -0.297 e. The monoisotopic (exact) mass is 325 g/mol. The van der Waals surface area contributed by atoms with Gasteiger partial charge in [0.2, 0.25) is 0 Å². The number of carbonyl (C=O) groups excluding carboxylic acids is 1. The van der Waals surface area contributed by atoms with Crippen LogP contribution >= 0.6 is 11.6 Å². The molecule has 116 valence electrons. The number of fused-ring (bicyclic) bond motifs is 1. The molecule has 0 amide bonds. The molecule has 0 atom stereocenters. The lowest BCUT2D eigenvalue weighted by Gasteiger charge is -1.99. The van der Waals surface area contributed by atoms with Crippen molar-refractivity contribution < 1.29 is 4.79 Å². The minimum atomic E-state index is 0.0593. The lowest BCUT2D eigenvalue weighted by atomic mass is 10.1. The van der Waals surface area contributed by atoms with Crippen molar-refractivity contribution >= 4 is 34.5 Å². The van der Waals surface area contributed by atoms with Crippen LogP contribution in [0.25, 0.3) is 10.9 Å². The third kappa shape index (κ3) is 3.85. The van der Waals surface area contributed by atoms with Crippen LogP contribution < -0.4 is 0 Å². The Hall–Kier alpha value is -2.46. The summed E-state index contributed by atoms with van der Waals surface area (Å²) in [6, 6.07) is 13.2. The molecule has 0 unspecified atom stereocenters. The van der Waals surface area contributed by atoms with Crippen molar-refractivity contribution in [3.8, 4) is 0 Å². The van der Waals surface area contributed by atoms with E-state index in [9.17, 15) is 4.79 Å². The Morgan fingerprint density at radius 3 is 3.00 bits per heavy atom. The van der Waals surface area contributed by atoms with E-state index in [0.29, 0.717) is 11.4 Å². The fourth-order valence-corrected chi connectivity index (χ4v) is 2.63. The van der Waals surface area contributed by atoms with Gasteiger partial charge in [-0.05, 0) is 42.3 Å². The van der Waals surface area contributed by atoms with Crippen molar-refractivity contribution in [1.29, 1.82) is 0 Å². The Morgan fingerprint density at radius 2 is 2.17 bits per heavy atom. The molecule has 3 aromatic rings. The van der Waals surface area contributed by atoms with Gasteiger partial charge in [0.05, 0.1) is 12.1 Å². The minimum absolute atomic E-state index is 0.0593. The van der Waals surface area contributed by atoms with E-state index in [2.05, 4.69) is 15.2 Å². The second-order valence-corrected chi connectivity index (χ2v) is 5.88. The Bertz CT molecular complexity index is 883. The second kappa shape index (κ2) is 6.75. The molecule has 0 saturated carbocycles. The van der Waals surface area contributed by atoms with Crippen molar-refractivity contribution in [2.75, 3.05) is 6.54 Å². The first-order valence-corrected chi connectivity index (χ1v) is 7.70. The quantitative estimate of drug-likeness (QED) is 0.726. The maximum atomic E-state index is 12.0. The number of rotatable bonds is 5. The van der Waals surface area contributed by atoms with Crippen LogP contribution in [0.3, 0.4) is 0 Å². The van der Waals surface area contributed by atoms with Crippen LogP contribution in [0.4, 0.5) is 0 Å². The van der Waals surface area contributed by atoms with Gasteiger partial charge in [-0.3, -0.25) is 14.9 Å². The van der Waals surface area contributed by atoms with Crippen molar-refractivity contribution in [3.05, 3.63) is 64.3 Å². The number of ketones is 1. The van der Waals surface area contributed by atoms with E-state index < -0.39 is 0 Å². The maximum absolute atomic E-state index is 12.0. The van der Waals surface area contributed by atoms with Crippen molar-refractivity contribution in [2.24, 2.45) is 4.99 Å². The number of nitrogens with zero attached hydrogens (tertiary/aromatic N) is 2. The molecule has 4 nitrogen and oxygen atoms in total. The van der Waals surface area contributed by atoms with Gasteiger partial charge >= 0.3 is 0 Å². The van der Waals surface area contributed by atoms with Crippen LogP contribution in [-0.2, 0) is 11.2 Å². The average Bonchev–Trinajstić information content (AvgIpc) is 2.88. The van der Waals surface area contributed by atoms with E-state index in [4.69, 9.17) is 11.6 Å². The zero-order valence-electron chi connectivity index (χ0n) is 12.7. The van der Waals surface area contributed by atoms with Gasteiger partial charge in [-0.2, -0.15) is 5.10 Å². The van der Waals surface area contributed by atoms with Gasteiger partial charge in [-0.15, -0.1) is 0 Å². The topological polar surface area (TPSA) is 58.1 Å². The number of halogens is 1. The summed E-state index contributed by atoms with van der Waals surface area (Å²) in [5.74, 6) is 0.0593. The smallest absolute Gasteiger partial charge is 0.158 e. The highest BCUT2D eigenvalue weighted by Gasteiger charge is 2.04. The number of benzene rings is 2. The van der Waals surface area contributed by atoms with Gasteiger partial charge in [-0.25, -0.2) is 0 Å². The molecule has 23 heavy (non-hydrogen) atoms. The summed E-state index contributed by atoms with van der Waals surface area (Å²) in [4.78, 5) is 16.2. The molecule has 1 N–H and O–H groups in total. The van der Waals surface area contributed by atoms with Crippen molar-refractivity contribution in [1.82, 2.24) is 10.2 Å². The number of aromatic amines is 1. The van der Waals surface area contributed by atoms with Crippen LogP contribution in [0.1, 0.15) is 16.8 Å². The third-order valence-electron chi connectivity index (χ3n) is 3.57. The number of hydrogen-bond donors (Lipinski definition) is 1. The number of aliphatic imine (C=N–C) groups is 1. The highest BCUT2D eigenvalue weighted by molar-refractivity contribution is 6.30. The molecular formula is C18H16ClN3O. The summed E-state index contributed by atoms with van der Waals surface area (Å²) >= 11 is 5.92. The first kappa shape index (κ1) is 15.4. The summed E-state index contributed by atoms with van der Waals surface area (Å²) in [6.07, 6.45) is 2.07. The number of aryl methyl sites for hydroxylation is 1. The second-order valence-electron chi connectivity index (χ2n) is 5.44. The Morgan fingerprint density at radius 1 is 1.30 bits per heavy atom. The largest absolute Gasteiger partial charge is 0.297 e. The molecule has 1 heterocycles. The molecule has 0 aliphatic carbocycles. The van der Waals surface area contributed by atoms with E-state index in [-0.39, 0.29) is 12.3 Å². The van der Waals surface area contributed by atoms with Gasteiger partial charge in [0, 0.05) is 28.7 Å². The van der Waals surface area contributed by atoms with E-state index >= 15 is 0 Å². The summed E-state index contributed by atoms with van der Waals surface area (Å²) in [6.45, 7) is 2.14. The SMILES string of the molecule is Cc1[nH]nc2ccc(C=NCC(=O)Cc3cccc(Cl)c3)cc12. The number of carbonyl (C=O) groups is 1. The average molecular weight is 326 g/mol. The number of aromatic nitrogens is 2. The molecule has 0 aliphatic heterocycles. The standard InChI is InChI=1S/C18H16ClN3O/c1-12-17-9-14(5-6-18(17)22-21-12)10-20-11-16(23)8-13-3-2-4-15(19)7-13/h2-7,9-10H,8,11H2,1H3,(H,21,22). The van der Waals surface area contributed by atoms with E-state index in [1.807, 2.05) is 37.3 Å². The molecule has 5 heteroatoms. The van der Waals surface area contributed by atoms with E-state index in [1.165, 1.54) is 0 Å². The fraction of sp³-hybridized carbons (Fsp3) is 0.167. The normalized spacial score (nSPS) is 11.4. The molecule has 0 aliphatic rings. The predicted octanol–water partition coefficient (Wildman–Crippen LogP) is 3.76. The van der Waals surface area contributed by atoms with Crippen molar-refractivity contribution in [3.63, 3.8) is 0 Å². The molecule has 0 saturated heterocycles. The first-order valence-electron chi connectivity index (χ1n) is 7.32. The van der Waals surface area contributed by atoms with Gasteiger partial charge < -0.3 is 0 Å². The van der Waals surface area contributed by atoms with E-state index in [0.717, 1.165) is 27.7 Å². The van der Waals surface area contributed by atoms with E-state index in [1.54, 1.807) is 18.3 Å². The van der Waals surface area contributed by atoms with Gasteiger partial charge in [-0.1, -0.05) is 29.8 Å². The number of hydrogen-bond acceptors (Lipinski definition) is 3. The zero-order valence-corrected chi connectivity index (χ0v) is 13.5. The summed E-state index contributed by atoms with van der Waals surface area (Å²) < 4.78 is 0. The Kier molecular flexibility index (Phi) is 4.53. The predicted molar refractivity (Wildman–Crippen MR) is 93.5 cm³/mol. The van der Waals surface area contributed by atoms with Crippen LogP contribution in [0.2, 0.25) is 5.02 Å². The summed E-state index contributed by atoms with van der Waals surface area (Å²) in [7, 11) is 0. The molecular weight excluding hydrogens is 310 g/mol. The highest BCUT2D eigenvalue weighted by atomic mass is 35.5. The fourth-order valence-electron chi connectivity index (χ4n) is 2.42. The maximum Gasteiger partial charge on any atom is 0.158 e. The molecule has 3 rings (SSSR count). The summed E-state index contributed by atoms with van der Waals surface area (Å²) in [5.41, 5.74) is 3.81. The molecule has 0 bridgehead atoms. The lowest BCUT2D eigenvalue weighted by molar-refractivity contribution is -0.117. The molecule has 0 fully saturated rings. The van der Waals surface area contributed by atoms with Crippen LogP contribution in [-0.4, -0.2) is 28.7 Å². The Labute approximate surface area is 139 Å². The van der Waals surface area contributed by atoms with Gasteiger partial charge in [0.1, 0.15) is 0 Å². The molecule has 0 spiro atoms. The summed E-state index contributed by atoms with van der Waals surface area (Å²) in [5, 5.41) is 8.85. The van der Waals surface area contributed by atoms with Gasteiger partial charge in [0.15, 0.2) is 5.78 Å². The zero-order chi connectivity index (χ0) is 16.2. The third-order valence-corrected chi connectivity index (χ3v) is 3.80. The number of H-pyrrole nitrogens is 1. The Balaban J connectivity index is 1.63. The molecule has 2 aromatic carbocycles. The molecule has 1 aromatic heterocycles. The van der Waals surface area contributed by atoms with Crippen LogP contribution in [0.5, 0.6) is 0 Å². The first-order chi connectivity index (χ1) is 11.1. The van der Waals surface area contributed by atoms with Crippen LogP contribution in [0, 0.1) is 6.92 Å².